The van der Waals surface area contributed by atoms with E-state index in [1.165, 1.54) is 12.8 Å². The SMILES string of the molecule is CC1(C)CCC[C@@]2(C)[C@H]1CC[C@](C)(O)[C@H]2CCOC(=O)Nc1ccccc1. The van der Waals surface area contributed by atoms with Crippen molar-refractivity contribution in [2.45, 2.75) is 71.8 Å². The van der Waals surface area contributed by atoms with Crippen molar-refractivity contribution >= 4 is 11.8 Å². The topological polar surface area (TPSA) is 58.6 Å². The molecule has 150 valence electrons. The molecule has 0 radical (unpaired) electrons. The number of carbonyl (C=O) groups is 1. The molecule has 0 spiro atoms. The molecule has 1 aromatic carbocycles. The molecule has 0 unspecified atom stereocenters. The smallest absolute Gasteiger partial charge is 0.411 e. The Kier molecular flexibility index (Phi) is 5.58. The molecule has 0 bridgehead atoms. The third-order valence-electron chi connectivity index (χ3n) is 7.42. The molecular formula is C23H35NO3. The minimum Gasteiger partial charge on any atom is -0.449 e. The lowest BCUT2D eigenvalue weighted by Crippen LogP contribution is -2.57. The van der Waals surface area contributed by atoms with Crippen LogP contribution in [0.5, 0.6) is 0 Å². The monoisotopic (exact) mass is 373 g/mol. The number of aliphatic hydroxyl groups is 1. The van der Waals surface area contributed by atoms with Gasteiger partial charge < -0.3 is 9.84 Å². The van der Waals surface area contributed by atoms with Crippen LogP contribution in [0.25, 0.3) is 0 Å². The number of anilines is 1. The molecule has 4 heteroatoms. The van der Waals surface area contributed by atoms with E-state index < -0.39 is 11.7 Å². The maximum atomic E-state index is 12.1. The van der Waals surface area contributed by atoms with Crippen molar-refractivity contribution in [2.75, 3.05) is 11.9 Å². The van der Waals surface area contributed by atoms with Crippen molar-refractivity contribution in [2.24, 2.45) is 22.7 Å². The van der Waals surface area contributed by atoms with Crippen molar-refractivity contribution in [1.82, 2.24) is 0 Å². The van der Waals surface area contributed by atoms with Gasteiger partial charge in [-0.1, -0.05) is 45.4 Å². The number of para-hydroxylation sites is 1. The summed E-state index contributed by atoms with van der Waals surface area (Å²) >= 11 is 0. The predicted molar refractivity (Wildman–Crippen MR) is 109 cm³/mol. The summed E-state index contributed by atoms with van der Waals surface area (Å²) in [5.74, 6) is 0.759. The fourth-order valence-corrected chi connectivity index (χ4v) is 6.21. The summed E-state index contributed by atoms with van der Waals surface area (Å²) in [6.07, 6.45) is 5.82. The van der Waals surface area contributed by atoms with Crippen LogP contribution in [0.2, 0.25) is 0 Å². The fourth-order valence-electron chi connectivity index (χ4n) is 6.21. The predicted octanol–water partition coefficient (Wildman–Crippen LogP) is 5.62. The van der Waals surface area contributed by atoms with Gasteiger partial charge in [0.25, 0.3) is 0 Å². The van der Waals surface area contributed by atoms with Crippen LogP contribution >= 0.6 is 0 Å². The van der Waals surface area contributed by atoms with Crippen LogP contribution in [0.15, 0.2) is 30.3 Å². The lowest BCUT2D eigenvalue weighted by atomic mass is 9.45. The van der Waals surface area contributed by atoms with Crippen molar-refractivity contribution in [1.29, 1.82) is 0 Å². The Labute approximate surface area is 163 Å². The second kappa shape index (κ2) is 7.46. The quantitative estimate of drug-likeness (QED) is 0.720. The van der Waals surface area contributed by atoms with Gasteiger partial charge in [0.2, 0.25) is 0 Å². The maximum absolute atomic E-state index is 12.1. The highest BCUT2D eigenvalue weighted by molar-refractivity contribution is 5.84. The molecule has 4 atom stereocenters. The van der Waals surface area contributed by atoms with Gasteiger partial charge in [-0.05, 0) is 73.8 Å². The zero-order chi connectivity index (χ0) is 19.7. The number of hydrogen-bond donors (Lipinski definition) is 2. The first kappa shape index (κ1) is 20.2. The van der Waals surface area contributed by atoms with Gasteiger partial charge in [-0.2, -0.15) is 0 Å². The van der Waals surface area contributed by atoms with Crippen LogP contribution in [0.1, 0.15) is 66.2 Å². The first-order valence-corrected chi connectivity index (χ1v) is 10.4. The number of benzene rings is 1. The minimum absolute atomic E-state index is 0.1000. The number of carbonyl (C=O) groups excluding carboxylic acids is 1. The van der Waals surface area contributed by atoms with Gasteiger partial charge in [0.05, 0.1) is 12.2 Å². The molecule has 2 fully saturated rings. The van der Waals surface area contributed by atoms with Crippen molar-refractivity contribution in [3.8, 4) is 0 Å². The van der Waals surface area contributed by atoms with Gasteiger partial charge in [0, 0.05) is 5.69 Å². The zero-order valence-electron chi connectivity index (χ0n) is 17.3. The molecule has 1 aromatic rings. The molecular weight excluding hydrogens is 338 g/mol. The average molecular weight is 374 g/mol. The van der Waals surface area contributed by atoms with Crippen molar-refractivity contribution in [3.63, 3.8) is 0 Å². The van der Waals surface area contributed by atoms with Crippen molar-refractivity contribution < 1.29 is 14.6 Å². The number of hydrogen-bond acceptors (Lipinski definition) is 3. The molecule has 1 amide bonds. The Balaban J connectivity index is 1.64. The van der Waals surface area contributed by atoms with E-state index in [-0.39, 0.29) is 11.3 Å². The molecule has 0 aliphatic heterocycles. The second-order valence-corrected chi connectivity index (χ2v) is 9.76. The van der Waals surface area contributed by atoms with E-state index >= 15 is 0 Å². The number of nitrogens with one attached hydrogen (secondary N) is 1. The molecule has 2 saturated carbocycles. The molecule has 2 aliphatic carbocycles. The first-order chi connectivity index (χ1) is 12.7. The Morgan fingerprint density at radius 3 is 2.56 bits per heavy atom. The van der Waals surface area contributed by atoms with E-state index in [1.54, 1.807) is 0 Å². The molecule has 0 saturated heterocycles. The van der Waals surface area contributed by atoms with Crippen LogP contribution in [0, 0.1) is 22.7 Å². The van der Waals surface area contributed by atoms with E-state index in [4.69, 9.17) is 4.74 Å². The number of ether oxygens (including phenoxy) is 1. The normalized spacial score (nSPS) is 35.1. The Hall–Kier alpha value is -1.55. The van der Waals surface area contributed by atoms with Crippen LogP contribution in [-0.2, 0) is 4.74 Å². The molecule has 0 aromatic heterocycles. The summed E-state index contributed by atoms with van der Waals surface area (Å²) in [4.78, 5) is 12.1. The fraction of sp³-hybridized carbons (Fsp3) is 0.696. The van der Waals surface area contributed by atoms with Gasteiger partial charge in [-0.25, -0.2) is 4.79 Å². The molecule has 27 heavy (non-hydrogen) atoms. The van der Waals surface area contributed by atoms with Crippen LogP contribution < -0.4 is 5.32 Å². The summed E-state index contributed by atoms with van der Waals surface area (Å²) in [6, 6.07) is 9.33. The van der Waals surface area contributed by atoms with Gasteiger partial charge >= 0.3 is 6.09 Å². The maximum Gasteiger partial charge on any atom is 0.411 e. The lowest BCUT2D eigenvalue weighted by Gasteiger charge is -2.61. The van der Waals surface area contributed by atoms with Crippen molar-refractivity contribution in [3.05, 3.63) is 30.3 Å². The van der Waals surface area contributed by atoms with E-state index in [2.05, 4.69) is 26.1 Å². The Morgan fingerprint density at radius 2 is 1.85 bits per heavy atom. The van der Waals surface area contributed by atoms with Gasteiger partial charge in [0.15, 0.2) is 0 Å². The molecule has 0 heterocycles. The van der Waals surface area contributed by atoms with Crippen LogP contribution in [0.3, 0.4) is 0 Å². The number of rotatable bonds is 4. The van der Waals surface area contributed by atoms with E-state index in [0.717, 1.165) is 24.9 Å². The van der Waals surface area contributed by atoms with Gasteiger partial charge in [-0.15, -0.1) is 0 Å². The Morgan fingerprint density at radius 1 is 1.15 bits per heavy atom. The van der Waals surface area contributed by atoms with Gasteiger partial charge in [-0.3, -0.25) is 5.32 Å². The van der Waals surface area contributed by atoms with E-state index in [0.29, 0.717) is 24.4 Å². The van der Waals surface area contributed by atoms with Crippen LogP contribution in [-0.4, -0.2) is 23.4 Å². The van der Waals surface area contributed by atoms with E-state index in [9.17, 15) is 9.90 Å². The molecule has 4 nitrogen and oxygen atoms in total. The highest BCUT2D eigenvalue weighted by Gasteiger charge is 2.57. The lowest BCUT2D eigenvalue weighted by molar-refractivity contribution is -0.171. The summed E-state index contributed by atoms with van der Waals surface area (Å²) in [6.45, 7) is 9.44. The average Bonchev–Trinajstić information content (AvgIpc) is 2.57. The van der Waals surface area contributed by atoms with Crippen LogP contribution in [0.4, 0.5) is 10.5 Å². The summed E-state index contributed by atoms with van der Waals surface area (Å²) in [5.41, 5.74) is 0.446. The second-order valence-electron chi connectivity index (χ2n) is 9.76. The summed E-state index contributed by atoms with van der Waals surface area (Å²) in [5, 5.41) is 13.9. The minimum atomic E-state index is -0.696. The molecule has 2 aliphatic rings. The zero-order valence-corrected chi connectivity index (χ0v) is 17.3. The van der Waals surface area contributed by atoms with E-state index in [1.807, 2.05) is 37.3 Å². The summed E-state index contributed by atoms with van der Waals surface area (Å²) < 4.78 is 5.46. The highest BCUT2D eigenvalue weighted by Crippen LogP contribution is 2.62. The summed E-state index contributed by atoms with van der Waals surface area (Å²) in [7, 11) is 0. The third kappa shape index (κ3) is 4.16. The molecule has 2 N–H and O–H groups in total. The Bertz CT molecular complexity index is 655. The number of fused-ring (bicyclic) bond motifs is 1. The van der Waals surface area contributed by atoms with Gasteiger partial charge in [0.1, 0.15) is 0 Å². The molecule has 3 rings (SSSR count). The number of amides is 1. The standard InChI is InChI=1S/C23H35NO3/c1-21(2)13-8-14-22(3)18(21)11-15-23(4,26)19(22)12-16-27-20(25)24-17-9-6-5-7-10-17/h5-7,9-10,18-19,26H,8,11-16H2,1-4H3,(H,24,25)/t18-,19-,22-,23-/m0/s1. The highest BCUT2D eigenvalue weighted by atomic mass is 16.5. The largest absolute Gasteiger partial charge is 0.449 e. The third-order valence-corrected chi connectivity index (χ3v) is 7.42. The first-order valence-electron chi connectivity index (χ1n) is 10.4.